The summed E-state index contributed by atoms with van der Waals surface area (Å²) in [6, 6.07) is 4.55. The Balaban J connectivity index is 1.57. The molecule has 0 unspecified atom stereocenters. The van der Waals surface area contributed by atoms with E-state index in [1.165, 1.54) is 12.0 Å². The largest absolute Gasteiger partial charge is 0.497 e. The molecule has 1 fully saturated rings. The first kappa shape index (κ1) is 23.9. The van der Waals surface area contributed by atoms with Crippen LogP contribution in [0.25, 0.3) is 0 Å². The number of rotatable bonds is 7. The van der Waals surface area contributed by atoms with Gasteiger partial charge in [-0.15, -0.1) is 0 Å². The number of carboxylic acid groups (broad SMARTS) is 1. The van der Waals surface area contributed by atoms with Crippen molar-refractivity contribution in [1.29, 1.82) is 0 Å². The van der Waals surface area contributed by atoms with E-state index in [0.717, 1.165) is 18.4 Å². The highest BCUT2D eigenvalue weighted by Crippen LogP contribution is 2.36. The first-order chi connectivity index (χ1) is 16.3. The Bertz CT molecular complexity index is 1120. The molecule has 34 heavy (non-hydrogen) atoms. The van der Waals surface area contributed by atoms with Gasteiger partial charge >= 0.3 is 6.09 Å². The monoisotopic (exact) mass is 492 g/mol. The molecule has 1 aromatic carbocycles. The van der Waals surface area contributed by atoms with E-state index in [4.69, 9.17) is 26.2 Å². The van der Waals surface area contributed by atoms with E-state index in [1.807, 2.05) is 0 Å². The van der Waals surface area contributed by atoms with Crippen molar-refractivity contribution in [1.82, 2.24) is 15.2 Å². The van der Waals surface area contributed by atoms with Crippen LogP contribution in [0.3, 0.4) is 0 Å². The number of ether oxygens (including phenoxy) is 2. The maximum atomic E-state index is 15.5. The van der Waals surface area contributed by atoms with Gasteiger partial charge in [0, 0.05) is 29.8 Å². The lowest BCUT2D eigenvalue weighted by atomic mass is 9.90. The summed E-state index contributed by atoms with van der Waals surface area (Å²) in [4.78, 5) is 29.8. The number of pyridine rings is 1. The highest BCUT2D eigenvalue weighted by Gasteiger charge is 2.36. The van der Waals surface area contributed by atoms with Crippen LogP contribution in [0.5, 0.6) is 11.5 Å². The first-order valence-electron chi connectivity index (χ1n) is 11.0. The van der Waals surface area contributed by atoms with Gasteiger partial charge in [-0.2, -0.15) is 0 Å². The van der Waals surface area contributed by atoms with Crippen LogP contribution in [0.4, 0.5) is 15.0 Å². The van der Waals surface area contributed by atoms with Gasteiger partial charge in [-0.05, 0) is 25.0 Å². The molecule has 2 atom stereocenters. The van der Waals surface area contributed by atoms with Gasteiger partial charge in [0.15, 0.2) is 11.6 Å². The number of fused-ring (bicyclic) bond motifs is 1. The van der Waals surface area contributed by atoms with Gasteiger partial charge in [0.2, 0.25) is 0 Å². The molecule has 2 amide bonds. The maximum absolute atomic E-state index is 15.5. The molecule has 1 aliphatic heterocycles. The van der Waals surface area contributed by atoms with E-state index >= 15 is 4.39 Å². The molecule has 3 N–H and O–H groups in total. The van der Waals surface area contributed by atoms with Crippen molar-refractivity contribution < 1.29 is 28.6 Å². The summed E-state index contributed by atoms with van der Waals surface area (Å²) in [6.07, 6.45) is 1.92. The molecule has 11 heteroatoms. The molecule has 4 rings (SSSR count). The Hall–Kier alpha value is -3.27. The van der Waals surface area contributed by atoms with Crippen molar-refractivity contribution in [3.63, 3.8) is 0 Å². The van der Waals surface area contributed by atoms with Gasteiger partial charge < -0.3 is 30.1 Å². The van der Waals surface area contributed by atoms with Crippen molar-refractivity contribution in [2.75, 3.05) is 19.5 Å². The summed E-state index contributed by atoms with van der Waals surface area (Å²) in [5, 5.41) is 14.5. The van der Waals surface area contributed by atoms with Crippen LogP contribution in [0.2, 0.25) is 5.15 Å². The van der Waals surface area contributed by atoms with Crippen LogP contribution in [-0.2, 0) is 13.1 Å². The molecule has 9 nitrogen and oxygen atoms in total. The van der Waals surface area contributed by atoms with Gasteiger partial charge in [0.1, 0.15) is 16.7 Å². The summed E-state index contributed by atoms with van der Waals surface area (Å²) >= 11 is 6.33. The molecule has 1 aromatic heterocycles. The Morgan fingerprint density at radius 2 is 2.00 bits per heavy atom. The Morgan fingerprint density at radius 1 is 1.26 bits per heavy atom. The van der Waals surface area contributed by atoms with Crippen LogP contribution >= 0.6 is 11.6 Å². The molecule has 0 radical (unpaired) electrons. The fourth-order valence-corrected chi connectivity index (χ4v) is 4.87. The zero-order valence-corrected chi connectivity index (χ0v) is 19.6. The summed E-state index contributed by atoms with van der Waals surface area (Å²) in [5.74, 6) is 0.00786. The molecule has 0 bridgehead atoms. The standard InChI is InChI=1S/C23H26ClFN4O5/c1-33-13-8-7-12(17(9-13)34-2)10-29-11-14-18(22(29)30)20(24)28-21(19(14)25)26-15-5-3-4-6-16(15)27-23(31)32/h7-9,15-16,27H,3-6,10-11H2,1-2H3,(H,26,28)(H,31,32)/t15-,16-/m1/s1. The number of methoxy groups -OCH3 is 2. The Labute approximate surface area is 201 Å². The van der Waals surface area contributed by atoms with Gasteiger partial charge in [0.05, 0.1) is 32.4 Å². The van der Waals surface area contributed by atoms with Crippen LogP contribution in [0.1, 0.15) is 47.2 Å². The molecule has 182 valence electrons. The molecule has 0 saturated heterocycles. The third-order valence-electron chi connectivity index (χ3n) is 6.29. The number of aromatic nitrogens is 1. The number of hydrogen-bond donors (Lipinski definition) is 3. The van der Waals surface area contributed by atoms with Gasteiger partial charge in [-0.1, -0.05) is 24.4 Å². The molecule has 1 saturated carbocycles. The van der Waals surface area contributed by atoms with Crippen LogP contribution in [0.15, 0.2) is 18.2 Å². The van der Waals surface area contributed by atoms with Crippen molar-refractivity contribution in [3.8, 4) is 11.5 Å². The SMILES string of the molecule is COc1ccc(CN2Cc3c(F)c(N[C@@H]4CCCC[C@H]4NC(=O)O)nc(Cl)c3C2=O)c(OC)c1. The predicted octanol–water partition coefficient (Wildman–Crippen LogP) is 4.04. The van der Waals surface area contributed by atoms with E-state index in [2.05, 4.69) is 15.6 Å². The van der Waals surface area contributed by atoms with E-state index in [1.54, 1.807) is 25.3 Å². The van der Waals surface area contributed by atoms with E-state index in [-0.39, 0.29) is 47.3 Å². The zero-order chi connectivity index (χ0) is 24.4. The number of amides is 2. The zero-order valence-electron chi connectivity index (χ0n) is 18.9. The van der Waals surface area contributed by atoms with Crippen LogP contribution in [-0.4, -0.2) is 53.3 Å². The average Bonchev–Trinajstić information content (AvgIpc) is 3.15. The summed E-state index contributed by atoms with van der Waals surface area (Å²) in [7, 11) is 3.07. The fraction of sp³-hybridized carbons (Fsp3) is 0.435. The van der Waals surface area contributed by atoms with E-state index in [9.17, 15) is 9.59 Å². The number of carbonyl (C=O) groups excluding carboxylic acids is 1. The summed E-state index contributed by atoms with van der Waals surface area (Å²) in [6.45, 7) is 0.208. The highest BCUT2D eigenvalue weighted by atomic mass is 35.5. The predicted molar refractivity (Wildman–Crippen MR) is 123 cm³/mol. The third kappa shape index (κ3) is 4.68. The molecule has 1 aliphatic carbocycles. The lowest BCUT2D eigenvalue weighted by molar-refractivity contribution is 0.0765. The third-order valence-corrected chi connectivity index (χ3v) is 6.57. The topological polar surface area (TPSA) is 113 Å². The minimum absolute atomic E-state index is 0.0214. The molecule has 0 spiro atoms. The molecule has 2 heterocycles. The first-order valence-corrected chi connectivity index (χ1v) is 11.3. The van der Waals surface area contributed by atoms with Gasteiger partial charge in [-0.25, -0.2) is 14.2 Å². The number of nitrogens with zero attached hydrogens (tertiary/aromatic N) is 2. The lowest BCUT2D eigenvalue weighted by Gasteiger charge is -2.32. The second kappa shape index (κ2) is 9.92. The van der Waals surface area contributed by atoms with Crippen molar-refractivity contribution in [2.45, 2.75) is 50.9 Å². The summed E-state index contributed by atoms with van der Waals surface area (Å²) in [5.41, 5.74) is 0.941. The Morgan fingerprint density at radius 3 is 2.68 bits per heavy atom. The smallest absolute Gasteiger partial charge is 0.404 e. The normalized spacial score (nSPS) is 19.5. The maximum Gasteiger partial charge on any atom is 0.404 e. The van der Waals surface area contributed by atoms with E-state index < -0.39 is 17.8 Å². The highest BCUT2D eigenvalue weighted by molar-refractivity contribution is 6.33. The minimum Gasteiger partial charge on any atom is -0.497 e. The molecule has 2 aliphatic rings. The number of halogens is 2. The number of hydrogen-bond acceptors (Lipinski definition) is 6. The number of anilines is 1. The van der Waals surface area contributed by atoms with Crippen LogP contribution < -0.4 is 20.1 Å². The lowest BCUT2D eigenvalue weighted by Crippen LogP contribution is -2.48. The Kier molecular flexibility index (Phi) is 6.97. The average molecular weight is 493 g/mol. The van der Waals surface area contributed by atoms with Crippen LogP contribution in [0, 0.1) is 5.82 Å². The summed E-state index contributed by atoms with van der Waals surface area (Å²) < 4.78 is 26.1. The molecular weight excluding hydrogens is 467 g/mol. The van der Waals surface area contributed by atoms with Gasteiger partial charge in [0.25, 0.3) is 5.91 Å². The number of nitrogens with one attached hydrogen (secondary N) is 2. The molecular formula is C23H26ClFN4O5. The van der Waals surface area contributed by atoms with Crippen molar-refractivity contribution in [3.05, 3.63) is 45.9 Å². The quantitative estimate of drug-likeness (QED) is 0.500. The van der Waals surface area contributed by atoms with Gasteiger partial charge in [-0.3, -0.25) is 4.79 Å². The fourth-order valence-electron chi connectivity index (χ4n) is 4.59. The van der Waals surface area contributed by atoms with Crippen molar-refractivity contribution >= 4 is 29.4 Å². The second-order valence-electron chi connectivity index (χ2n) is 8.35. The second-order valence-corrected chi connectivity index (χ2v) is 8.71. The minimum atomic E-state index is -1.13. The number of benzene rings is 1. The van der Waals surface area contributed by atoms with Crippen molar-refractivity contribution in [2.24, 2.45) is 0 Å². The number of carbonyl (C=O) groups is 2. The molecule has 2 aromatic rings. The van der Waals surface area contributed by atoms with E-state index in [0.29, 0.717) is 24.3 Å².